The number of para-hydroxylation sites is 1. The summed E-state index contributed by atoms with van der Waals surface area (Å²) in [6, 6.07) is 11.6. The molecule has 1 saturated heterocycles. The Kier molecular flexibility index (Phi) is 5.52. The molecule has 5 rings (SSSR count). The molecule has 0 saturated carbocycles. The van der Waals surface area contributed by atoms with Gasteiger partial charge >= 0.3 is 0 Å². The van der Waals surface area contributed by atoms with E-state index in [2.05, 4.69) is 30.9 Å². The van der Waals surface area contributed by atoms with E-state index in [9.17, 15) is 8.78 Å². The van der Waals surface area contributed by atoms with Gasteiger partial charge in [-0.3, -0.25) is 0 Å². The van der Waals surface area contributed by atoms with Crippen molar-refractivity contribution >= 4 is 32.5 Å². The molecule has 0 bridgehead atoms. The van der Waals surface area contributed by atoms with Gasteiger partial charge in [0.1, 0.15) is 11.4 Å². The van der Waals surface area contributed by atoms with E-state index >= 15 is 0 Å². The van der Waals surface area contributed by atoms with Crippen LogP contribution in [0.15, 0.2) is 53.1 Å². The van der Waals surface area contributed by atoms with Crippen LogP contribution in [0, 0.1) is 11.6 Å². The van der Waals surface area contributed by atoms with Crippen LogP contribution < -0.4 is 9.64 Å². The first kappa shape index (κ1) is 20.8. The lowest BCUT2D eigenvalue weighted by atomic mass is 10.1. The predicted octanol–water partition coefficient (Wildman–Crippen LogP) is 4.97. The Hall–Kier alpha value is -3.04. The summed E-state index contributed by atoms with van der Waals surface area (Å²) >= 11 is 3.46. The van der Waals surface area contributed by atoms with Crippen LogP contribution in [0.3, 0.4) is 0 Å². The van der Waals surface area contributed by atoms with Crippen LogP contribution in [0.4, 0.5) is 14.5 Å². The fraction of sp³-hybridized carbons (Fsp3) is 0.217. The summed E-state index contributed by atoms with van der Waals surface area (Å²) in [5.41, 5.74) is 2.57. The number of benzene rings is 2. The van der Waals surface area contributed by atoms with Crippen LogP contribution in [-0.4, -0.2) is 48.2 Å². The van der Waals surface area contributed by atoms with Gasteiger partial charge in [0, 0.05) is 30.5 Å². The molecule has 6 nitrogen and oxygen atoms in total. The zero-order valence-corrected chi connectivity index (χ0v) is 18.8. The normalized spacial score (nSPS) is 14.2. The summed E-state index contributed by atoms with van der Waals surface area (Å²) in [6.45, 7) is 3.05. The molecule has 9 heteroatoms. The highest BCUT2D eigenvalue weighted by atomic mass is 79.9. The van der Waals surface area contributed by atoms with Gasteiger partial charge in [-0.05, 0) is 40.2 Å². The average Bonchev–Trinajstić information content (AvgIpc) is 3.21. The smallest absolute Gasteiger partial charge is 0.225 e. The van der Waals surface area contributed by atoms with Crippen LogP contribution in [0.1, 0.15) is 0 Å². The molecule has 1 aliphatic heterocycles. The predicted molar refractivity (Wildman–Crippen MR) is 122 cm³/mol. The molecule has 3 heterocycles. The van der Waals surface area contributed by atoms with Crippen molar-refractivity contribution in [2.45, 2.75) is 0 Å². The third-order valence-corrected chi connectivity index (χ3v) is 6.06. The van der Waals surface area contributed by atoms with Gasteiger partial charge in [-0.15, -0.1) is 0 Å². The number of fused-ring (bicyclic) bond motifs is 1. The molecule has 1 fully saturated rings. The van der Waals surface area contributed by atoms with Crippen molar-refractivity contribution in [1.82, 2.24) is 14.8 Å². The largest absolute Gasteiger partial charge is 0.480 e. The van der Waals surface area contributed by atoms with Crippen molar-refractivity contribution in [3.8, 4) is 22.8 Å². The summed E-state index contributed by atoms with van der Waals surface area (Å²) in [7, 11) is 1.50. The first-order chi connectivity index (χ1) is 15.6. The highest BCUT2D eigenvalue weighted by molar-refractivity contribution is 9.10. The van der Waals surface area contributed by atoms with Crippen molar-refractivity contribution in [3.05, 3.63) is 64.8 Å². The van der Waals surface area contributed by atoms with E-state index in [1.54, 1.807) is 0 Å². The first-order valence-electron chi connectivity index (χ1n) is 10.1. The van der Waals surface area contributed by atoms with Gasteiger partial charge in [-0.2, -0.15) is 5.10 Å². The molecule has 164 valence electrons. The number of aromatic nitrogens is 3. The summed E-state index contributed by atoms with van der Waals surface area (Å²) in [4.78, 5) is 6.57. The SMILES string of the molecule is COc1ncc(Br)c2c1c(-c1ccc(N3CCOCC3)cc1)nn2-c1c(F)cccc1F. The van der Waals surface area contributed by atoms with Crippen molar-refractivity contribution < 1.29 is 18.3 Å². The van der Waals surface area contributed by atoms with E-state index < -0.39 is 11.6 Å². The Morgan fingerprint density at radius 1 is 1.03 bits per heavy atom. The Bertz CT molecular complexity index is 1270. The lowest BCUT2D eigenvalue weighted by molar-refractivity contribution is 0.122. The van der Waals surface area contributed by atoms with Crippen LogP contribution in [0.2, 0.25) is 0 Å². The molecule has 0 aliphatic carbocycles. The second-order valence-electron chi connectivity index (χ2n) is 7.32. The standard InChI is InChI=1S/C23H19BrF2N4O2/c1-31-23-19-20(14-5-7-15(8-6-14)29-9-11-32-12-10-29)28-30(21(19)16(24)13-27-23)22-17(25)3-2-4-18(22)26/h2-8,13H,9-12H2,1H3. The molecule has 32 heavy (non-hydrogen) atoms. The quantitative estimate of drug-likeness (QED) is 0.395. The Morgan fingerprint density at radius 3 is 2.38 bits per heavy atom. The molecule has 1 aliphatic rings. The number of morpholine rings is 1. The number of methoxy groups -OCH3 is 1. The van der Waals surface area contributed by atoms with E-state index in [1.165, 1.54) is 36.2 Å². The number of nitrogens with zero attached hydrogens (tertiary/aromatic N) is 4. The van der Waals surface area contributed by atoms with Gasteiger partial charge < -0.3 is 14.4 Å². The van der Waals surface area contributed by atoms with Crippen LogP contribution in [0.25, 0.3) is 27.8 Å². The van der Waals surface area contributed by atoms with E-state index in [-0.39, 0.29) is 5.69 Å². The van der Waals surface area contributed by atoms with Gasteiger partial charge in [0.05, 0.1) is 35.7 Å². The van der Waals surface area contributed by atoms with E-state index in [0.29, 0.717) is 40.2 Å². The number of hydrogen-bond acceptors (Lipinski definition) is 5. The van der Waals surface area contributed by atoms with Crippen molar-refractivity contribution in [1.29, 1.82) is 0 Å². The Balaban J connectivity index is 1.71. The molecule has 0 N–H and O–H groups in total. The van der Waals surface area contributed by atoms with Gasteiger partial charge in [-0.1, -0.05) is 18.2 Å². The van der Waals surface area contributed by atoms with Crippen LogP contribution in [0.5, 0.6) is 5.88 Å². The minimum absolute atomic E-state index is 0.261. The maximum Gasteiger partial charge on any atom is 0.225 e. The third kappa shape index (κ3) is 3.51. The number of halogens is 3. The van der Waals surface area contributed by atoms with Crippen LogP contribution >= 0.6 is 15.9 Å². The third-order valence-electron chi connectivity index (χ3n) is 5.48. The van der Waals surface area contributed by atoms with Gasteiger partial charge in [0.25, 0.3) is 0 Å². The maximum absolute atomic E-state index is 14.7. The van der Waals surface area contributed by atoms with Crippen molar-refractivity contribution in [3.63, 3.8) is 0 Å². The second kappa shape index (κ2) is 8.48. The second-order valence-corrected chi connectivity index (χ2v) is 8.17. The fourth-order valence-corrected chi connectivity index (χ4v) is 4.41. The molecular formula is C23H19BrF2N4O2. The fourth-order valence-electron chi connectivity index (χ4n) is 3.94. The number of hydrogen-bond donors (Lipinski definition) is 0. The summed E-state index contributed by atoms with van der Waals surface area (Å²) < 4.78 is 42.0. The average molecular weight is 501 g/mol. The monoisotopic (exact) mass is 500 g/mol. The minimum Gasteiger partial charge on any atom is -0.480 e. The molecular weight excluding hydrogens is 482 g/mol. The number of anilines is 1. The van der Waals surface area contributed by atoms with Gasteiger partial charge in [0.15, 0.2) is 11.6 Å². The lowest BCUT2D eigenvalue weighted by Gasteiger charge is -2.28. The molecule has 0 radical (unpaired) electrons. The highest BCUT2D eigenvalue weighted by Crippen LogP contribution is 2.39. The van der Waals surface area contributed by atoms with Gasteiger partial charge in [0.2, 0.25) is 5.88 Å². The summed E-state index contributed by atoms with van der Waals surface area (Å²) in [5.74, 6) is -1.11. The number of rotatable bonds is 4. The van der Waals surface area contributed by atoms with Gasteiger partial charge in [-0.25, -0.2) is 18.4 Å². The molecule has 2 aromatic carbocycles. The Morgan fingerprint density at radius 2 is 1.72 bits per heavy atom. The minimum atomic E-state index is -0.716. The van der Waals surface area contributed by atoms with Crippen LogP contribution in [-0.2, 0) is 4.74 Å². The van der Waals surface area contributed by atoms with Crippen molar-refractivity contribution in [2.75, 3.05) is 38.3 Å². The molecule has 0 amide bonds. The number of ether oxygens (including phenoxy) is 2. The maximum atomic E-state index is 14.7. The summed E-state index contributed by atoms with van der Waals surface area (Å²) in [6.07, 6.45) is 1.53. The first-order valence-corrected chi connectivity index (χ1v) is 10.9. The van der Waals surface area contributed by atoms with Crippen molar-refractivity contribution in [2.24, 2.45) is 0 Å². The molecule has 4 aromatic rings. The van der Waals surface area contributed by atoms with E-state index in [4.69, 9.17) is 9.47 Å². The number of pyridine rings is 1. The van der Waals surface area contributed by atoms with E-state index in [1.807, 2.05) is 24.3 Å². The Labute approximate surface area is 191 Å². The molecule has 0 unspecified atom stereocenters. The summed E-state index contributed by atoms with van der Waals surface area (Å²) in [5, 5.41) is 5.18. The highest BCUT2D eigenvalue weighted by Gasteiger charge is 2.24. The van der Waals surface area contributed by atoms with E-state index in [0.717, 1.165) is 24.3 Å². The zero-order valence-electron chi connectivity index (χ0n) is 17.2. The zero-order chi connectivity index (χ0) is 22.2. The molecule has 0 spiro atoms. The molecule has 2 aromatic heterocycles. The topological polar surface area (TPSA) is 52.4 Å². The molecule has 0 atom stereocenters. The lowest BCUT2D eigenvalue weighted by Crippen LogP contribution is -2.36.